The number of likely N-dealkylation sites (N-methyl/N-ethyl adjacent to an activating group) is 1. The Morgan fingerprint density at radius 1 is 1.02 bits per heavy atom. The Labute approximate surface area is 275 Å². The molecular formula is C38H42FN3O5. The lowest BCUT2D eigenvalue weighted by Gasteiger charge is -2.38. The van der Waals surface area contributed by atoms with E-state index >= 15 is 0 Å². The van der Waals surface area contributed by atoms with E-state index in [1.54, 1.807) is 35.2 Å². The largest absolute Gasteiger partial charge is 0.486 e. The molecule has 4 aromatic carbocycles. The van der Waals surface area contributed by atoms with E-state index in [-0.39, 0.29) is 42.7 Å². The number of aryl methyl sites for hydroxylation is 1. The minimum atomic E-state index is -0.398. The van der Waals surface area contributed by atoms with Gasteiger partial charge < -0.3 is 24.8 Å². The molecule has 9 heteroatoms. The van der Waals surface area contributed by atoms with Crippen LogP contribution in [0.3, 0.4) is 0 Å². The van der Waals surface area contributed by atoms with Gasteiger partial charge >= 0.3 is 0 Å². The quantitative estimate of drug-likeness (QED) is 0.196. The molecule has 1 aliphatic rings. The first-order chi connectivity index (χ1) is 22.6. The number of aliphatic hydroxyl groups is 1. The number of nitrogens with zero attached hydrogens (tertiary/aromatic N) is 2. The molecule has 0 spiro atoms. The summed E-state index contributed by atoms with van der Waals surface area (Å²) in [5.74, 6) is 0.663. The number of carbonyl (C=O) groups excluding carboxylic acids is 2. The predicted molar refractivity (Wildman–Crippen MR) is 180 cm³/mol. The highest BCUT2D eigenvalue weighted by molar-refractivity contribution is 6.02. The van der Waals surface area contributed by atoms with Gasteiger partial charge in [0.1, 0.15) is 23.4 Å². The van der Waals surface area contributed by atoms with Crippen molar-refractivity contribution in [1.82, 2.24) is 9.80 Å². The number of benzene rings is 4. The van der Waals surface area contributed by atoms with Crippen molar-refractivity contribution in [2.45, 2.75) is 45.9 Å². The van der Waals surface area contributed by atoms with Crippen LogP contribution < -0.4 is 14.8 Å². The van der Waals surface area contributed by atoms with Crippen LogP contribution in [-0.4, -0.2) is 65.6 Å². The number of hydrogen-bond donors (Lipinski definition) is 2. The second kappa shape index (κ2) is 15.2. The lowest BCUT2D eigenvalue weighted by molar-refractivity contribution is -0.115. The molecular weight excluding hydrogens is 597 g/mol. The lowest BCUT2D eigenvalue weighted by Crippen LogP contribution is -2.49. The number of nitrogens with one attached hydrogen (secondary N) is 1. The Hall–Kier alpha value is -4.73. The minimum absolute atomic E-state index is 0.0913. The third kappa shape index (κ3) is 8.75. The summed E-state index contributed by atoms with van der Waals surface area (Å²) >= 11 is 0. The van der Waals surface area contributed by atoms with Crippen molar-refractivity contribution in [3.8, 4) is 17.2 Å². The Kier molecular flexibility index (Phi) is 10.9. The summed E-state index contributed by atoms with van der Waals surface area (Å²) in [7, 11) is 2.01. The van der Waals surface area contributed by atoms with Gasteiger partial charge in [0.25, 0.3) is 5.91 Å². The minimum Gasteiger partial charge on any atom is -0.486 e. The van der Waals surface area contributed by atoms with Crippen LogP contribution in [0.2, 0.25) is 0 Å². The molecule has 3 atom stereocenters. The molecule has 47 heavy (non-hydrogen) atoms. The molecule has 0 aliphatic carbocycles. The number of fused-ring (bicyclic) bond motifs is 1. The zero-order chi connectivity index (χ0) is 33.5. The summed E-state index contributed by atoms with van der Waals surface area (Å²) < 4.78 is 25.7. The average molecular weight is 640 g/mol. The van der Waals surface area contributed by atoms with Gasteiger partial charge in [-0.2, -0.15) is 0 Å². The molecule has 2 amide bonds. The Bertz CT molecular complexity index is 1660. The first-order valence-corrected chi connectivity index (χ1v) is 15.9. The highest BCUT2D eigenvalue weighted by Crippen LogP contribution is 2.35. The first-order valence-electron chi connectivity index (χ1n) is 15.9. The fourth-order valence-electron chi connectivity index (χ4n) is 5.63. The molecule has 0 radical (unpaired) electrons. The third-order valence-electron chi connectivity index (χ3n) is 8.37. The van der Waals surface area contributed by atoms with E-state index in [1.807, 2.05) is 76.3 Å². The van der Waals surface area contributed by atoms with Crippen molar-refractivity contribution < 1.29 is 28.6 Å². The molecule has 0 saturated heterocycles. The third-order valence-corrected chi connectivity index (χ3v) is 8.37. The van der Waals surface area contributed by atoms with Gasteiger partial charge in [0.05, 0.1) is 30.3 Å². The smallest absolute Gasteiger partial charge is 0.258 e. The topological polar surface area (TPSA) is 91.3 Å². The number of para-hydroxylation sites is 1. The van der Waals surface area contributed by atoms with Crippen molar-refractivity contribution in [1.29, 1.82) is 0 Å². The number of hydrogen-bond acceptors (Lipinski definition) is 6. The Morgan fingerprint density at radius 3 is 2.32 bits per heavy atom. The summed E-state index contributed by atoms with van der Waals surface area (Å²) in [6, 6.07) is 26.2. The standard InChI is InChI=1S/C38H42FN3O5/c1-25-8-10-28(11-9-25)20-36(44)40-34-7-5-6-33-37(34)47-35(26(2)21-42(38(33)45)27(3)24-43)23-41(4)22-29-12-16-31(17-13-29)46-32-18-14-30(39)15-19-32/h5-19,26-27,35,43H,20-24H2,1-4H3,(H,40,44)/t26-,27+,35-/m1/s1. The molecule has 0 unspecified atom stereocenters. The summed E-state index contributed by atoms with van der Waals surface area (Å²) in [4.78, 5) is 30.8. The summed E-state index contributed by atoms with van der Waals surface area (Å²) in [6.07, 6.45) is -0.154. The average Bonchev–Trinajstić information content (AvgIpc) is 3.05. The highest BCUT2D eigenvalue weighted by Gasteiger charge is 2.34. The maximum Gasteiger partial charge on any atom is 0.258 e. The SMILES string of the molecule is Cc1ccc(CC(=O)Nc2cccc3c2O[C@H](CN(C)Cc2ccc(Oc4ccc(F)cc4)cc2)[C@H](C)CN([C@@H](C)CO)C3=O)cc1. The van der Waals surface area contributed by atoms with E-state index in [0.29, 0.717) is 48.1 Å². The Morgan fingerprint density at radius 2 is 1.66 bits per heavy atom. The van der Waals surface area contributed by atoms with Crippen molar-refractivity contribution in [2.75, 3.05) is 32.1 Å². The molecule has 0 fully saturated rings. The van der Waals surface area contributed by atoms with Gasteiger partial charge in [-0.3, -0.25) is 14.5 Å². The molecule has 2 N–H and O–H groups in total. The fourth-order valence-corrected chi connectivity index (χ4v) is 5.63. The maximum absolute atomic E-state index is 13.8. The molecule has 0 bridgehead atoms. The van der Waals surface area contributed by atoms with Crippen LogP contribution in [0.4, 0.5) is 10.1 Å². The van der Waals surface area contributed by atoms with Crippen LogP contribution in [0, 0.1) is 18.7 Å². The fraction of sp³-hybridized carbons (Fsp3) is 0.316. The Balaban J connectivity index is 1.33. The van der Waals surface area contributed by atoms with Crippen molar-refractivity contribution in [3.63, 3.8) is 0 Å². The number of amides is 2. The van der Waals surface area contributed by atoms with Gasteiger partial charge in [0.15, 0.2) is 5.75 Å². The molecule has 8 nitrogen and oxygen atoms in total. The van der Waals surface area contributed by atoms with Crippen LogP contribution in [0.15, 0.2) is 91.0 Å². The van der Waals surface area contributed by atoms with Crippen LogP contribution in [0.5, 0.6) is 17.2 Å². The second-order valence-electron chi connectivity index (χ2n) is 12.4. The monoisotopic (exact) mass is 639 g/mol. The van der Waals surface area contributed by atoms with Gasteiger partial charge in [-0.25, -0.2) is 4.39 Å². The lowest BCUT2D eigenvalue weighted by atomic mass is 9.98. The van der Waals surface area contributed by atoms with Crippen molar-refractivity contribution in [3.05, 3.63) is 119 Å². The number of halogens is 1. The maximum atomic E-state index is 13.8. The number of anilines is 1. The zero-order valence-corrected chi connectivity index (χ0v) is 27.3. The van der Waals surface area contributed by atoms with E-state index in [2.05, 4.69) is 10.2 Å². The predicted octanol–water partition coefficient (Wildman–Crippen LogP) is 6.46. The summed E-state index contributed by atoms with van der Waals surface area (Å²) in [5, 5.41) is 13.0. The molecule has 0 aromatic heterocycles. The molecule has 0 saturated carbocycles. The van der Waals surface area contributed by atoms with Crippen LogP contribution in [0.1, 0.15) is 40.9 Å². The number of ether oxygens (including phenoxy) is 2. The second-order valence-corrected chi connectivity index (χ2v) is 12.4. The zero-order valence-electron chi connectivity index (χ0n) is 27.3. The number of carbonyl (C=O) groups is 2. The van der Waals surface area contributed by atoms with E-state index in [0.717, 1.165) is 16.7 Å². The van der Waals surface area contributed by atoms with E-state index < -0.39 is 6.04 Å². The molecule has 4 aromatic rings. The van der Waals surface area contributed by atoms with Gasteiger partial charge in [-0.05, 0) is 80.6 Å². The van der Waals surface area contributed by atoms with Crippen LogP contribution in [0.25, 0.3) is 0 Å². The van der Waals surface area contributed by atoms with E-state index in [9.17, 15) is 19.1 Å². The van der Waals surface area contributed by atoms with Gasteiger partial charge in [0, 0.05) is 25.6 Å². The van der Waals surface area contributed by atoms with Crippen molar-refractivity contribution in [2.24, 2.45) is 5.92 Å². The molecule has 1 aliphatic heterocycles. The van der Waals surface area contributed by atoms with Crippen molar-refractivity contribution >= 4 is 17.5 Å². The normalized spacial score (nSPS) is 16.9. The van der Waals surface area contributed by atoms with Gasteiger partial charge in [-0.15, -0.1) is 0 Å². The molecule has 5 rings (SSSR count). The molecule has 246 valence electrons. The van der Waals surface area contributed by atoms with Gasteiger partial charge in [-0.1, -0.05) is 55.0 Å². The first kappa shape index (κ1) is 33.6. The van der Waals surface area contributed by atoms with E-state index in [4.69, 9.17) is 9.47 Å². The number of aliphatic hydroxyl groups excluding tert-OH is 1. The van der Waals surface area contributed by atoms with Crippen LogP contribution >= 0.6 is 0 Å². The van der Waals surface area contributed by atoms with Gasteiger partial charge in [0.2, 0.25) is 5.91 Å². The van der Waals surface area contributed by atoms with Crippen LogP contribution in [-0.2, 0) is 17.8 Å². The number of rotatable bonds is 11. The van der Waals surface area contributed by atoms with E-state index in [1.165, 1.54) is 12.1 Å². The molecule has 1 heterocycles. The summed E-state index contributed by atoms with van der Waals surface area (Å²) in [6.45, 7) is 7.25. The summed E-state index contributed by atoms with van der Waals surface area (Å²) in [5.41, 5.74) is 3.84. The highest BCUT2D eigenvalue weighted by atomic mass is 19.1.